The number of nitrogens with one attached hydrogen (secondary N) is 1. The molecule has 0 spiro atoms. The Labute approximate surface area is 148 Å². The number of halogens is 1. The molecule has 1 heterocycles. The molecule has 24 heavy (non-hydrogen) atoms. The van der Waals surface area contributed by atoms with Crippen molar-refractivity contribution < 1.29 is 9.53 Å². The lowest BCUT2D eigenvalue weighted by Gasteiger charge is -2.25. The molecule has 1 aromatic carbocycles. The van der Waals surface area contributed by atoms with Crippen LogP contribution in [0.3, 0.4) is 0 Å². The lowest BCUT2D eigenvalue weighted by atomic mass is 10.1. The molecule has 5 heteroatoms. The second kappa shape index (κ2) is 6.89. The van der Waals surface area contributed by atoms with E-state index in [-0.39, 0.29) is 17.9 Å². The van der Waals surface area contributed by atoms with Crippen LogP contribution >= 0.6 is 11.6 Å². The summed E-state index contributed by atoms with van der Waals surface area (Å²) in [6.45, 7) is 10.6. The minimum absolute atomic E-state index is 0.0422. The number of nitrogens with zero attached hydrogens (tertiary/aromatic N) is 1. The Hall–Kier alpha value is -1.94. The summed E-state index contributed by atoms with van der Waals surface area (Å²) in [5, 5.41) is 3.72. The molecule has 0 aliphatic carbocycles. The summed E-state index contributed by atoms with van der Waals surface area (Å²) in [6, 6.07) is 7.25. The van der Waals surface area contributed by atoms with Crippen LogP contribution in [0.15, 0.2) is 24.3 Å². The monoisotopic (exact) mass is 348 g/mol. The van der Waals surface area contributed by atoms with Crippen LogP contribution in [0.5, 0.6) is 5.75 Å². The smallest absolute Gasteiger partial charge is 0.183 e. The first kappa shape index (κ1) is 18.4. The molecule has 0 saturated carbocycles. The minimum Gasteiger partial charge on any atom is -0.495 e. The number of aromatic nitrogens is 1. The van der Waals surface area contributed by atoms with Crippen molar-refractivity contribution in [1.82, 2.24) is 4.57 Å². The van der Waals surface area contributed by atoms with Gasteiger partial charge in [-0.2, -0.15) is 0 Å². The number of carbonyl (C=O) groups excluding carboxylic acids is 1. The third kappa shape index (κ3) is 3.75. The Morgan fingerprint density at radius 3 is 2.46 bits per heavy atom. The molecule has 0 radical (unpaired) electrons. The SMILES string of the molecule is COc1ccc(Cl)cc1NCC(=O)c1cc(C)n(C(C)(C)C)c1C. The highest BCUT2D eigenvalue weighted by atomic mass is 35.5. The van der Waals surface area contributed by atoms with Gasteiger partial charge in [0.05, 0.1) is 19.3 Å². The second-order valence-corrected chi connectivity index (χ2v) is 7.35. The Balaban J connectivity index is 2.22. The summed E-state index contributed by atoms with van der Waals surface area (Å²) in [5.41, 5.74) is 3.48. The van der Waals surface area contributed by atoms with Crippen LogP contribution in [-0.2, 0) is 5.54 Å². The lowest BCUT2D eigenvalue weighted by Crippen LogP contribution is -2.24. The summed E-state index contributed by atoms with van der Waals surface area (Å²) < 4.78 is 7.49. The van der Waals surface area contributed by atoms with Gasteiger partial charge in [-0.3, -0.25) is 4.79 Å². The Bertz CT molecular complexity index is 757. The number of ether oxygens (including phenoxy) is 1. The number of rotatable bonds is 5. The largest absolute Gasteiger partial charge is 0.495 e. The molecule has 130 valence electrons. The lowest BCUT2D eigenvalue weighted by molar-refractivity contribution is 0.100. The van der Waals surface area contributed by atoms with Crippen LogP contribution in [0, 0.1) is 13.8 Å². The molecule has 0 amide bonds. The Morgan fingerprint density at radius 1 is 1.25 bits per heavy atom. The number of aryl methyl sites for hydroxylation is 1. The van der Waals surface area contributed by atoms with E-state index in [0.29, 0.717) is 16.5 Å². The molecule has 1 aromatic heterocycles. The first-order valence-electron chi connectivity index (χ1n) is 7.95. The Morgan fingerprint density at radius 2 is 1.92 bits per heavy atom. The van der Waals surface area contributed by atoms with Gasteiger partial charge in [0, 0.05) is 27.5 Å². The van der Waals surface area contributed by atoms with Crippen molar-refractivity contribution >= 4 is 23.1 Å². The number of Topliss-reactive ketones (excluding diaryl/α,β-unsaturated/α-hetero) is 1. The van der Waals surface area contributed by atoms with Gasteiger partial charge in [-0.25, -0.2) is 0 Å². The van der Waals surface area contributed by atoms with Crippen LogP contribution in [-0.4, -0.2) is 24.0 Å². The fraction of sp³-hybridized carbons (Fsp3) is 0.421. The third-order valence-corrected chi connectivity index (χ3v) is 4.24. The molecule has 0 unspecified atom stereocenters. The van der Waals surface area contributed by atoms with E-state index in [0.717, 1.165) is 17.0 Å². The molecule has 0 saturated heterocycles. The normalized spacial score (nSPS) is 11.5. The molecular formula is C19H25ClN2O2. The van der Waals surface area contributed by atoms with Gasteiger partial charge < -0.3 is 14.6 Å². The predicted molar refractivity (Wildman–Crippen MR) is 99.7 cm³/mol. The zero-order valence-corrected chi connectivity index (χ0v) is 15.9. The zero-order valence-electron chi connectivity index (χ0n) is 15.2. The van der Waals surface area contributed by atoms with Crippen molar-refractivity contribution in [1.29, 1.82) is 0 Å². The van der Waals surface area contributed by atoms with E-state index in [1.807, 2.05) is 19.9 Å². The molecular weight excluding hydrogens is 324 g/mol. The third-order valence-electron chi connectivity index (χ3n) is 4.00. The zero-order chi connectivity index (χ0) is 18.1. The van der Waals surface area contributed by atoms with Crippen LogP contribution < -0.4 is 10.1 Å². The molecule has 0 fully saturated rings. The number of hydrogen-bond donors (Lipinski definition) is 1. The molecule has 2 aromatic rings. The van der Waals surface area contributed by atoms with Gasteiger partial charge in [-0.1, -0.05) is 11.6 Å². The molecule has 0 aliphatic heterocycles. The van der Waals surface area contributed by atoms with Crippen molar-refractivity contribution in [3.63, 3.8) is 0 Å². The number of carbonyl (C=O) groups is 1. The van der Waals surface area contributed by atoms with E-state index in [2.05, 4.69) is 30.7 Å². The van der Waals surface area contributed by atoms with Crippen molar-refractivity contribution in [2.75, 3.05) is 19.0 Å². The van der Waals surface area contributed by atoms with Crippen LogP contribution in [0.2, 0.25) is 5.02 Å². The molecule has 0 atom stereocenters. The topological polar surface area (TPSA) is 43.3 Å². The van der Waals surface area contributed by atoms with Gasteiger partial charge in [0.1, 0.15) is 5.75 Å². The van der Waals surface area contributed by atoms with Crippen LogP contribution in [0.1, 0.15) is 42.5 Å². The molecule has 0 aliphatic rings. The van der Waals surface area contributed by atoms with E-state index in [1.54, 1.807) is 25.3 Å². The van der Waals surface area contributed by atoms with E-state index >= 15 is 0 Å². The molecule has 2 rings (SSSR count). The minimum atomic E-state index is -0.0592. The van der Waals surface area contributed by atoms with Crippen molar-refractivity contribution in [2.45, 2.75) is 40.2 Å². The van der Waals surface area contributed by atoms with Gasteiger partial charge in [0.2, 0.25) is 0 Å². The second-order valence-electron chi connectivity index (χ2n) is 6.91. The molecule has 1 N–H and O–H groups in total. The summed E-state index contributed by atoms with van der Waals surface area (Å²) in [6.07, 6.45) is 0. The van der Waals surface area contributed by atoms with E-state index < -0.39 is 0 Å². The standard InChI is InChI=1S/C19H25ClN2O2/c1-12-9-15(13(2)22(12)19(3,4)5)17(23)11-21-16-10-14(20)7-8-18(16)24-6/h7-10,21H,11H2,1-6H3. The van der Waals surface area contributed by atoms with Gasteiger partial charge in [0.25, 0.3) is 0 Å². The first-order chi connectivity index (χ1) is 11.1. The average molecular weight is 349 g/mol. The van der Waals surface area contributed by atoms with E-state index in [1.165, 1.54) is 0 Å². The van der Waals surface area contributed by atoms with Gasteiger partial charge in [0.15, 0.2) is 5.78 Å². The maximum Gasteiger partial charge on any atom is 0.183 e. The van der Waals surface area contributed by atoms with Crippen molar-refractivity contribution in [2.24, 2.45) is 0 Å². The number of anilines is 1. The maximum atomic E-state index is 12.7. The fourth-order valence-electron chi connectivity index (χ4n) is 3.17. The average Bonchev–Trinajstić information content (AvgIpc) is 2.79. The fourth-order valence-corrected chi connectivity index (χ4v) is 3.34. The van der Waals surface area contributed by atoms with Crippen LogP contribution in [0.25, 0.3) is 0 Å². The number of benzene rings is 1. The summed E-state index contributed by atoms with van der Waals surface area (Å²) in [5.74, 6) is 0.702. The van der Waals surface area contributed by atoms with Gasteiger partial charge >= 0.3 is 0 Å². The quantitative estimate of drug-likeness (QED) is 0.788. The number of methoxy groups -OCH3 is 1. The summed E-state index contributed by atoms with van der Waals surface area (Å²) in [7, 11) is 1.59. The number of hydrogen-bond acceptors (Lipinski definition) is 3. The number of ketones is 1. The highest BCUT2D eigenvalue weighted by Crippen LogP contribution is 2.28. The van der Waals surface area contributed by atoms with Crippen LogP contribution in [0.4, 0.5) is 5.69 Å². The van der Waals surface area contributed by atoms with Crippen molar-refractivity contribution in [3.05, 3.63) is 46.2 Å². The van der Waals surface area contributed by atoms with E-state index in [4.69, 9.17) is 16.3 Å². The predicted octanol–water partition coefficient (Wildman–Crippen LogP) is 4.82. The molecule has 0 bridgehead atoms. The van der Waals surface area contributed by atoms with Crippen molar-refractivity contribution in [3.8, 4) is 5.75 Å². The first-order valence-corrected chi connectivity index (χ1v) is 8.33. The van der Waals surface area contributed by atoms with Gasteiger partial charge in [-0.05, 0) is 58.9 Å². The van der Waals surface area contributed by atoms with Gasteiger partial charge in [-0.15, -0.1) is 0 Å². The highest BCUT2D eigenvalue weighted by Gasteiger charge is 2.22. The van der Waals surface area contributed by atoms with E-state index in [9.17, 15) is 4.79 Å². The maximum absolute atomic E-state index is 12.7. The Kier molecular flexibility index (Phi) is 5.29. The summed E-state index contributed by atoms with van der Waals surface area (Å²) >= 11 is 6.02. The molecule has 4 nitrogen and oxygen atoms in total. The highest BCUT2D eigenvalue weighted by molar-refractivity contribution is 6.31. The summed E-state index contributed by atoms with van der Waals surface area (Å²) in [4.78, 5) is 12.7.